The van der Waals surface area contributed by atoms with Crippen LogP contribution in [0.3, 0.4) is 0 Å². The van der Waals surface area contributed by atoms with Gasteiger partial charge in [-0.2, -0.15) is 0 Å². The Morgan fingerprint density at radius 2 is 2.03 bits per heavy atom. The van der Waals surface area contributed by atoms with Crippen LogP contribution in [0.4, 0.5) is 10.5 Å². The second kappa shape index (κ2) is 9.63. The molecule has 2 aromatic rings. The van der Waals surface area contributed by atoms with E-state index in [-0.39, 0.29) is 18.7 Å². The van der Waals surface area contributed by atoms with Gasteiger partial charge in [-0.1, -0.05) is 49.9 Å². The number of hydrogen-bond acceptors (Lipinski definition) is 3. The normalized spacial score (nSPS) is 16.9. The Labute approximate surface area is 178 Å². The second-order valence-corrected chi connectivity index (χ2v) is 7.36. The van der Waals surface area contributed by atoms with Crippen LogP contribution in [0.5, 0.6) is 5.75 Å². The van der Waals surface area contributed by atoms with Crippen molar-refractivity contribution >= 4 is 17.3 Å². The van der Waals surface area contributed by atoms with Gasteiger partial charge in [-0.15, -0.1) is 0 Å². The number of methoxy groups -OCH3 is 1. The number of carbonyl (C=O) groups excluding carboxylic acids is 1. The minimum Gasteiger partial charge on any atom is -0.496 e. The summed E-state index contributed by atoms with van der Waals surface area (Å²) in [5.74, 6) is 0.683. The smallest absolute Gasteiger partial charge is 0.325 e. The molecule has 5 heteroatoms. The summed E-state index contributed by atoms with van der Waals surface area (Å²) in [5.41, 5.74) is 4.95. The Hall–Kier alpha value is -3.05. The van der Waals surface area contributed by atoms with Crippen LogP contribution in [-0.4, -0.2) is 42.3 Å². The van der Waals surface area contributed by atoms with E-state index in [0.29, 0.717) is 18.8 Å². The maximum atomic E-state index is 13.2. The number of nitrogens with zero attached hydrogens (tertiary/aromatic N) is 2. The van der Waals surface area contributed by atoms with Crippen molar-refractivity contribution in [3.05, 3.63) is 77.9 Å². The predicted octanol–water partition coefficient (Wildman–Crippen LogP) is 4.65. The zero-order chi connectivity index (χ0) is 21.7. The monoisotopic (exact) mass is 406 g/mol. The van der Waals surface area contributed by atoms with Crippen LogP contribution in [0.1, 0.15) is 30.5 Å². The van der Waals surface area contributed by atoms with Crippen molar-refractivity contribution < 1.29 is 14.6 Å². The van der Waals surface area contributed by atoms with Crippen molar-refractivity contribution in [2.45, 2.75) is 32.9 Å². The SMILES string of the molecule is C=C/C(=C\C)c1ccc(N2CC(CO)N(Cc3cccc(CC)c3)C2=O)cc1OC. The molecule has 0 saturated carbocycles. The molecule has 0 radical (unpaired) electrons. The maximum Gasteiger partial charge on any atom is 0.325 e. The third-order valence-corrected chi connectivity index (χ3v) is 5.61. The third kappa shape index (κ3) is 4.26. The molecule has 3 rings (SSSR count). The fourth-order valence-corrected chi connectivity index (χ4v) is 3.88. The highest BCUT2D eigenvalue weighted by Crippen LogP contribution is 2.33. The average molecular weight is 407 g/mol. The molecule has 1 fully saturated rings. The molecule has 1 aliphatic rings. The van der Waals surface area contributed by atoms with Gasteiger partial charge in [-0.3, -0.25) is 4.90 Å². The topological polar surface area (TPSA) is 53.0 Å². The molecular formula is C25H30N2O3. The first-order valence-corrected chi connectivity index (χ1v) is 10.3. The van der Waals surface area contributed by atoms with Crippen LogP contribution in [-0.2, 0) is 13.0 Å². The maximum absolute atomic E-state index is 13.2. The average Bonchev–Trinajstić information content (AvgIpc) is 3.10. The van der Waals surface area contributed by atoms with Gasteiger partial charge in [0.25, 0.3) is 0 Å². The van der Waals surface area contributed by atoms with Crippen LogP contribution < -0.4 is 9.64 Å². The summed E-state index contributed by atoms with van der Waals surface area (Å²) in [5, 5.41) is 9.92. The summed E-state index contributed by atoms with van der Waals surface area (Å²) in [7, 11) is 1.62. The Balaban J connectivity index is 1.88. The molecule has 1 N–H and O–H groups in total. The molecule has 158 valence electrons. The number of allylic oxidation sites excluding steroid dienone is 3. The molecular weight excluding hydrogens is 376 g/mol. The summed E-state index contributed by atoms with van der Waals surface area (Å²) >= 11 is 0. The van der Waals surface area contributed by atoms with E-state index in [1.165, 1.54) is 5.56 Å². The zero-order valence-corrected chi connectivity index (χ0v) is 18.0. The number of urea groups is 1. The molecule has 30 heavy (non-hydrogen) atoms. The quantitative estimate of drug-likeness (QED) is 0.649. The van der Waals surface area contributed by atoms with Crippen LogP contribution in [0.15, 0.2) is 61.2 Å². The molecule has 0 spiro atoms. The molecule has 1 aliphatic heterocycles. The molecule has 1 unspecified atom stereocenters. The van der Waals surface area contributed by atoms with Crippen molar-refractivity contribution in [2.75, 3.05) is 25.2 Å². The molecule has 0 bridgehead atoms. The van der Waals surface area contributed by atoms with Gasteiger partial charge < -0.3 is 14.7 Å². The van der Waals surface area contributed by atoms with Gasteiger partial charge in [0.05, 0.1) is 26.3 Å². The number of aliphatic hydroxyl groups excluding tert-OH is 1. The fourth-order valence-electron chi connectivity index (χ4n) is 3.88. The number of amides is 2. The number of aryl methyl sites for hydroxylation is 1. The van der Waals surface area contributed by atoms with Gasteiger partial charge in [0, 0.05) is 23.9 Å². The van der Waals surface area contributed by atoms with Crippen LogP contribution >= 0.6 is 0 Å². The summed E-state index contributed by atoms with van der Waals surface area (Å²) in [6.07, 6.45) is 4.70. The first-order chi connectivity index (χ1) is 14.6. The van der Waals surface area contributed by atoms with E-state index in [9.17, 15) is 9.90 Å². The Morgan fingerprint density at radius 1 is 1.27 bits per heavy atom. The van der Waals surface area contributed by atoms with Gasteiger partial charge in [0.15, 0.2) is 0 Å². The number of carbonyl (C=O) groups is 1. The molecule has 1 atom stereocenters. The lowest BCUT2D eigenvalue weighted by Gasteiger charge is -2.22. The van der Waals surface area contributed by atoms with Crippen LogP contribution in [0.2, 0.25) is 0 Å². The first kappa shape index (κ1) is 21.7. The Morgan fingerprint density at radius 3 is 2.67 bits per heavy atom. The molecule has 1 saturated heterocycles. The summed E-state index contributed by atoms with van der Waals surface area (Å²) < 4.78 is 5.58. The van der Waals surface area contributed by atoms with E-state index in [2.05, 4.69) is 25.6 Å². The summed E-state index contributed by atoms with van der Waals surface area (Å²) in [4.78, 5) is 16.7. The third-order valence-electron chi connectivity index (χ3n) is 5.61. The zero-order valence-electron chi connectivity index (χ0n) is 18.0. The number of benzene rings is 2. The highest BCUT2D eigenvalue weighted by molar-refractivity contribution is 5.95. The standard InChI is InChI=1S/C25H30N2O3/c1-5-18-9-8-10-19(13-18)15-26-22(17-28)16-27(25(26)29)21-11-12-23(20(6-2)7-3)24(14-21)30-4/h6-14,22,28H,2,5,15-17H2,1,3-4H3/b20-7+. The number of anilines is 1. The van der Waals surface area contributed by atoms with Gasteiger partial charge in [0.2, 0.25) is 0 Å². The molecule has 5 nitrogen and oxygen atoms in total. The van der Waals surface area contributed by atoms with Gasteiger partial charge in [-0.05, 0) is 42.2 Å². The number of ether oxygens (including phenoxy) is 1. The molecule has 1 heterocycles. The largest absolute Gasteiger partial charge is 0.496 e. The molecule has 2 amide bonds. The van der Waals surface area contributed by atoms with Crippen LogP contribution in [0, 0.1) is 0 Å². The highest BCUT2D eigenvalue weighted by Gasteiger charge is 2.37. The van der Waals surface area contributed by atoms with E-state index >= 15 is 0 Å². The lowest BCUT2D eigenvalue weighted by Crippen LogP contribution is -2.36. The first-order valence-electron chi connectivity index (χ1n) is 10.3. The summed E-state index contributed by atoms with van der Waals surface area (Å²) in [6, 6.07) is 13.6. The minimum atomic E-state index is -0.257. The Bertz CT molecular complexity index is 951. The van der Waals surface area contributed by atoms with Crippen molar-refractivity contribution in [1.82, 2.24) is 4.90 Å². The van der Waals surface area contributed by atoms with Crippen molar-refractivity contribution in [1.29, 1.82) is 0 Å². The van der Waals surface area contributed by atoms with Crippen molar-refractivity contribution in [3.8, 4) is 5.75 Å². The van der Waals surface area contributed by atoms with Crippen LogP contribution in [0.25, 0.3) is 5.57 Å². The Kier molecular flexibility index (Phi) is 6.95. The van der Waals surface area contributed by atoms with E-state index in [1.807, 2.05) is 43.3 Å². The highest BCUT2D eigenvalue weighted by atomic mass is 16.5. The fraction of sp³-hybridized carbons (Fsp3) is 0.320. The number of rotatable bonds is 8. The number of hydrogen-bond donors (Lipinski definition) is 1. The van der Waals surface area contributed by atoms with Gasteiger partial charge >= 0.3 is 6.03 Å². The van der Waals surface area contributed by atoms with E-state index in [1.54, 1.807) is 23.0 Å². The number of aliphatic hydroxyl groups is 1. The minimum absolute atomic E-state index is 0.0793. The van der Waals surface area contributed by atoms with Crippen molar-refractivity contribution in [2.24, 2.45) is 0 Å². The van der Waals surface area contributed by atoms with E-state index in [4.69, 9.17) is 4.74 Å². The molecule has 0 aliphatic carbocycles. The molecule has 2 aromatic carbocycles. The lowest BCUT2D eigenvalue weighted by atomic mass is 10.0. The summed E-state index contributed by atoms with van der Waals surface area (Å²) in [6.45, 7) is 8.75. The van der Waals surface area contributed by atoms with Crippen molar-refractivity contribution in [3.63, 3.8) is 0 Å². The van der Waals surface area contributed by atoms with Gasteiger partial charge in [-0.25, -0.2) is 4.79 Å². The second-order valence-electron chi connectivity index (χ2n) is 7.36. The van der Waals surface area contributed by atoms with E-state index < -0.39 is 0 Å². The van der Waals surface area contributed by atoms with Gasteiger partial charge in [0.1, 0.15) is 5.75 Å². The lowest BCUT2D eigenvalue weighted by molar-refractivity contribution is 0.162. The molecule has 0 aromatic heterocycles. The van der Waals surface area contributed by atoms with E-state index in [0.717, 1.165) is 28.8 Å². The predicted molar refractivity (Wildman–Crippen MR) is 122 cm³/mol.